The Bertz CT molecular complexity index is 413. The highest BCUT2D eigenvalue weighted by Crippen LogP contribution is 2.23. The fraction of sp³-hybridized carbons (Fsp3) is 0. The van der Waals surface area contributed by atoms with Crippen molar-refractivity contribution in [1.29, 1.82) is 0 Å². The van der Waals surface area contributed by atoms with Crippen LogP contribution >= 0.6 is 11.6 Å². The molecule has 0 unspecified atom stereocenters. The van der Waals surface area contributed by atoms with Gasteiger partial charge in [0.05, 0.1) is 0 Å². The lowest BCUT2D eigenvalue weighted by atomic mass is 10.1. The molecule has 0 amide bonds. The van der Waals surface area contributed by atoms with Gasteiger partial charge in [-0.15, -0.1) is 0 Å². The molecule has 1 heterocycles. The van der Waals surface area contributed by atoms with Crippen molar-refractivity contribution in [3.8, 4) is 17.0 Å². The fourth-order valence-electron chi connectivity index (χ4n) is 1.27. The Hall–Kier alpha value is -1.54. The van der Waals surface area contributed by atoms with E-state index in [9.17, 15) is 5.11 Å². The first-order valence-electron chi connectivity index (χ1n) is 4.17. The van der Waals surface area contributed by atoms with Gasteiger partial charge in [0, 0.05) is 17.3 Å². The zero-order valence-corrected chi connectivity index (χ0v) is 8.07. The van der Waals surface area contributed by atoms with Gasteiger partial charge in [-0.3, -0.25) is 0 Å². The van der Waals surface area contributed by atoms with Gasteiger partial charge in [0.1, 0.15) is 0 Å². The molecule has 0 aliphatic carbocycles. The van der Waals surface area contributed by atoms with Crippen molar-refractivity contribution in [2.75, 3.05) is 0 Å². The van der Waals surface area contributed by atoms with E-state index in [4.69, 9.17) is 11.6 Å². The van der Waals surface area contributed by atoms with Crippen LogP contribution in [0, 0.1) is 0 Å². The Kier molecular flexibility index (Phi) is 2.37. The first-order chi connectivity index (χ1) is 6.75. The highest BCUT2D eigenvalue weighted by atomic mass is 35.5. The first-order valence-corrected chi connectivity index (χ1v) is 4.54. The van der Waals surface area contributed by atoms with Crippen molar-refractivity contribution in [3.05, 3.63) is 47.6 Å². The Morgan fingerprint density at radius 2 is 1.86 bits per heavy atom. The van der Waals surface area contributed by atoms with Crippen LogP contribution in [0.25, 0.3) is 11.1 Å². The van der Waals surface area contributed by atoms with E-state index in [1.807, 2.05) is 30.3 Å². The van der Waals surface area contributed by atoms with Crippen LogP contribution in [0.1, 0.15) is 0 Å². The van der Waals surface area contributed by atoms with Crippen LogP contribution in [0.4, 0.5) is 0 Å². The molecule has 0 saturated carbocycles. The third-order valence-electron chi connectivity index (χ3n) is 1.90. The molecule has 2 nitrogen and oxygen atoms in total. The molecular formula is C11H8ClNO. The Balaban J connectivity index is 2.49. The average Bonchev–Trinajstić information content (AvgIpc) is 2.18. The second-order valence-electron chi connectivity index (χ2n) is 2.91. The van der Waals surface area contributed by atoms with E-state index >= 15 is 0 Å². The van der Waals surface area contributed by atoms with Crippen molar-refractivity contribution in [3.63, 3.8) is 0 Å². The Morgan fingerprint density at radius 1 is 1.07 bits per heavy atom. The van der Waals surface area contributed by atoms with Crippen molar-refractivity contribution in [2.24, 2.45) is 0 Å². The van der Waals surface area contributed by atoms with E-state index < -0.39 is 0 Å². The molecule has 0 aliphatic rings. The molecule has 0 bridgehead atoms. The van der Waals surface area contributed by atoms with Crippen LogP contribution in [-0.2, 0) is 0 Å². The van der Waals surface area contributed by atoms with E-state index in [0.717, 1.165) is 11.1 Å². The molecule has 14 heavy (non-hydrogen) atoms. The zero-order valence-electron chi connectivity index (χ0n) is 7.31. The smallest absolute Gasteiger partial charge is 0.211 e. The van der Waals surface area contributed by atoms with Gasteiger partial charge >= 0.3 is 0 Å². The molecule has 0 radical (unpaired) electrons. The summed E-state index contributed by atoms with van der Waals surface area (Å²) in [6.07, 6.45) is 1.56. The lowest BCUT2D eigenvalue weighted by Crippen LogP contribution is -1.79. The topological polar surface area (TPSA) is 33.1 Å². The number of hydrogen-bond acceptors (Lipinski definition) is 2. The summed E-state index contributed by atoms with van der Waals surface area (Å²) in [6, 6.07) is 10.9. The summed E-state index contributed by atoms with van der Waals surface area (Å²) in [6.45, 7) is 0. The molecular weight excluding hydrogens is 198 g/mol. The molecule has 2 aromatic rings. The summed E-state index contributed by atoms with van der Waals surface area (Å²) in [5.74, 6) is 0.0162. The molecule has 0 saturated heterocycles. The van der Waals surface area contributed by atoms with Gasteiger partial charge in [0.15, 0.2) is 0 Å². The van der Waals surface area contributed by atoms with E-state index in [1.54, 1.807) is 12.3 Å². The quantitative estimate of drug-likeness (QED) is 0.776. The third kappa shape index (κ3) is 1.86. The van der Waals surface area contributed by atoms with E-state index in [2.05, 4.69) is 4.98 Å². The number of halogens is 1. The fourth-order valence-corrected chi connectivity index (χ4v) is 1.46. The average molecular weight is 206 g/mol. The summed E-state index contributed by atoms with van der Waals surface area (Å²) in [7, 11) is 0. The SMILES string of the molecule is Oc1cc(-c2cccc(Cl)c2)ccn1. The van der Waals surface area contributed by atoms with Crippen LogP contribution in [0.5, 0.6) is 5.88 Å². The third-order valence-corrected chi connectivity index (χ3v) is 2.14. The van der Waals surface area contributed by atoms with Gasteiger partial charge in [-0.25, -0.2) is 4.98 Å². The number of hydrogen-bond donors (Lipinski definition) is 1. The van der Waals surface area contributed by atoms with Crippen molar-refractivity contribution in [1.82, 2.24) is 4.98 Å². The summed E-state index contributed by atoms with van der Waals surface area (Å²) < 4.78 is 0. The maximum atomic E-state index is 9.20. The van der Waals surface area contributed by atoms with E-state index in [1.165, 1.54) is 0 Å². The largest absolute Gasteiger partial charge is 0.493 e. The predicted molar refractivity (Wildman–Crippen MR) is 56.3 cm³/mol. The minimum atomic E-state index is 0.0162. The lowest BCUT2D eigenvalue weighted by Gasteiger charge is -2.01. The molecule has 1 aromatic heterocycles. The molecule has 1 aromatic carbocycles. The minimum absolute atomic E-state index is 0.0162. The van der Waals surface area contributed by atoms with Crippen LogP contribution in [0.3, 0.4) is 0 Å². The van der Waals surface area contributed by atoms with Crippen LogP contribution in [-0.4, -0.2) is 10.1 Å². The highest BCUT2D eigenvalue weighted by Gasteiger charge is 1.99. The van der Waals surface area contributed by atoms with Gasteiger partial charge in [-0.2, -0.15) is 0 Å². The molecule has 0 atom stereocenters. The summed E-state index contributed by atoms with van der Waals surface area (Å²) >= 11 is 5.86. The number of nitrogens with zero attached hydrogens (tertiary/aromatic N) is 1. The first kappa shape index (κ1) is 9.03. The molecule has 0 aliphatic heterocycles. The Morgan fingerprint density at radius 3 is 2.57 bits per heavy atom. The normalized spacial score (nSPS) is 10.1. The zero-order chi connectivity index (χ0) is 9.97. The molecule has 3 heteroatoms. The van der Waals surface area contributed by atoms with Gasteiger partial charge in [-0.05, 0) is 29.3 Å². The van der Waals surface area contributed by atoms with Gasteiger partial charge in [0.25, 0.3) is 0 Å². The molecule has 2 rings (SSSR count). The molecule has 0 spiro atoms. The van der Waals surface area contributed by atoms with Crippen molar-refractivity contribution < 1.29 is 5.11 Å². The summed E-state index contributed by atoms with van der Waals surface area (Å²) in [4.78, 5) is 3.71. The maximum absolute atomic E-state index is 9.20. The van der Waals surface area contributed by atoms with Gasteiger partial charge in [0.2, 0.25) is 5.88 Å². The maximum Gasteiger partial charge on any atom is 0.211 e. The second-order valence-corrected chi connectivity index (χ2v) is 3.35. The second kappa shape index (κ2) is 3.68. The van der Waals surface area contributed by atoms with Gasteiger partial charge < -0.3 is 5.11 Å². The number of rotatable bonds is 1. The van der Waals surface area contributed by atoms with Gasteiger partial charge in [-0.1, -0.05) is 23.7 Å². The van der Waals surface area contributed by atoms with E-state index in [0.29, 0.717) is 5.02 Å². The predicted octanol–water partition coefficient (Wildman–Crippen LogP) is 3.11. The van der Waals surface area contributed by atoms with Crippen LogP contribution in [0.2, 0.25) is 5.02 Å². The number of aromatic hydroxyl groups is 1. The van der Waals surface area contributed by atoms with E-state index in [-0.39, 0.29) is 5.88 Å². The number of benzene rings is 1. The van der Waals surface area contributed by atoms with Crippen molar-refractivity contribution >= 4 is 11.6 Å². The monoisotopic (exact) mass is 205 g/mol. The van der Waals surface area contributed by atoms with Crippen molar-refractivity contribution in [2.45, 2.75) is 0 Å². The standard InChI is InChI=1S/C11H8ClNO/c12-10-3-1-2-8(6-10)9-4-5-13-11(14)7-9/h1-7H,(H,13,14). The molecule has 0 fully saturated rings. The number of aromatic nitrogens is 1. The highest BCUT2D eigenvalue weighted by molar-refractivity contribution is 6.30. The minimum Gasteiger partial charge on any atom is -0.493 e. The molecule has 1 N–H and O–H groups in total. The number of pyridine rings is 1. The van der Waals surface area contributed by atoms with Crippen LogP contribution in [0.15, 0.2) is 42.6 Å². The molecule has 70 valence electrons. The van der Waals surface area contributed by atoms with Crippen LogP contribution < -0.4 is 0 Å². The lowest BCUT2D eigenvalue weighted by molar-refractivity contribution is 0.454. The summed E-state index contributed by atoms with van der Waals surface area (Å²) in [5, 5.41) is 9.88. The Labute approximate surface area is 86.8 Å². The summed E-state index contributed by atoms with van der Waals surface area (Å²) in [5.41, 5.74) is 1.87.